The van der Waals surface area contributed by atoms with Gasteiger partial charge in [0, 0.05) is 61.4 Å². The Morgan fingerprint density at radius 3 is 2.52 bits per heavy atom. The first-order valence-corrected chi connectivity index (χ1v) is 10.0. The monoisotopic (exact) mass is 350 g/mol. The number of anilines is 1. The van der Waals surface area contributed by atoms with Crippen LogP contribution in [0, 0.1) is 0 Å². The third-order valence-corrected chi connectivity index (χ3v) is 6.54. The molecule has 0 aromatic carbocycles. The molecule has 2 aromatic rings. The summed E-state index contributed by atoms with van der Waals surface area (Å²) in [6.07, 6.45) is 13.2. The smallest absolute Gasteiger partial charge is 0.128 e. The van der Waals surface area contributed by atoms with Gasteiger partial charge >= 0.3 is 0 Å². The number of nitrogens with zero attached hydrogens (tertiary/aromatic N) is 4. The zero-order valence-corrected chi connectivity index (χ0v) is 15.1. The molecule has 4 nitrogen and oxygen atoms in total. The summed E-state index contributed by atoms with van der Waals surface area (Å²) in [5, 5.41) is 1.13. The second-order valence-electron chi connectivity index (χ2n) is 6.93. The summed E-state index contributed by atoms with van der Waals surface area (Å²) in [7, 11) is 0. The lowest BCUT2D eigenvalue weighted by atomic mass is 10.2. The Morgan fingerprint density at radius 1 is 0.960 bits per heavy atom. The summed E-state index contributed by atoms with van der Waals surface area (Å²) in [4.78, 5) is 15.9. The quantitative estimate of drug-likeness (QED) is 0.846. The van der Waals surface area contributed by atoms with Crippen LogP contribution < -0.4 is 4.90 Å². The fourth-order valence-electron chi connectivity index (χ4n) is 3.78. The highest BCUT2D eigenvalue weighted by Gasteiger charge is 2.21. The predicted molar refractivity (Wildman–Crippen MR) is 103 cm³/mol. The number of aromatic nitrogens is 2. The number of rotatable bonds is 3. The number of pyridine rings is 1. The summed E-state index contributed by atoms with van der Waals surface area (Å²) in [5.74, 6) is 1.11. The molecule has 0 atom stereocenters. The first kappa shape index (κ1) is 15.1. The van der Waals surface area contributed by atoms with Crippen LogP contribution in [0.25, 0.3) is 10.6 Å². The molecule has 0 saturated carbocycles. The van der Waals surface area contributed by atoms with Crippen LogP contribution in [0.1, 0.15) is 23.4 Å². The molecule has 4 heterocycles. The fourth-order valence-corrected chi connectivity index (χ4v) is 4.87. The van der Waals surface area contributed by atoms with Crippen molar-refractivity contribution in [1.29, 1.82) is 0 Å². The van der Waals surface area contributed by atoms with Crippen molar-refractivity contribution in [2.24, 2.45) is 0 Å². The number of thiazole rings is 1. The summed E-state index contributed by atoms with van der Waals surface area (Å²) in [6.45, 7) is 4.44. The van der Waals surface area contributed by atoms with Crippen LogP contribution in [0.5, 0.6) is 0 Å². The van der Waals surface area contributed by atoms with E-state index in [0.717, 1.165) is 55.4 Å². The minimum Gasteiger partial charge on any atom is -0.371 e. The first-order valence-electron chi connectivity index (χ1n) is 9.20. The zero-order valence-electron chi connectivity index (χ0n) is 14.3. The highest BCUT2D eigenvalue weighted by molar-refractivity contribution is 7.15. The minimum absolute atomic E-state index is 1.04. The van der Waals surface area contributed by atoms with E-state index in [4.69, 9.17) is 4.98 Å². The van der Waals surface area contributed by atoms with Crippen LogP contribution in [0.3, 0.4) is 0 Å². The third-order valence-electron chi connectivity index (χ3n) is 5.33. The fraction of sp³-hybridized carbons (Fsp3) is 0.400. The van der Waals surface area contributed by atoms with E-state index >= 15 is 0 Å². The van der Waals surface area contributed by atoms with Crippen LogP contribution in [-0.2, 0) is 12.8 Å². The first-order chi connectivity index (χ1) is 12.4. The molecular weight excluding hydrogens is 328 g/mol. The van der Waals surface area contributed by atoms with Crippen molar-refractivity contribution in [2.75, 3.05) is 31.1 Å². The highest BCUT2D eigenvalue weighted by atomic mass is 32.1. The van der Waals surface area contributed by atoms with Crippen LogP contribution in [0.15, 0.2) is 42.3 Å². The molecule has 1 saturated heterocycles. The SMILES string of the molecule is C1=CC(N2CCc3nc(-c4ccc(N5CCCC5)nc4)sc3CC2)=C1. The van der Waals surface area contributed by atoms with Gasteiger partial charge in [0.25, 0.3) is 0 Å². The minimum atomic E-state index is 1.04. The number of allylic oxidation sites excluding steroid dienone is 3. The number of fused-ring (bicyclic) bond motifs is 1. The van der Waals surface area contributed by atoms with E-state index in [-0.39, 0.29) is 0 Å². The molecule has 0 unspecified atom stereocenters. The molecule has 5 heteroatoms. The second-order valence-corrected chi connectivity index (χ2v) is 8.01. The van der Waals surface area contributed by atoms with Crippen molar-refractivity contribution < 1.29 is 0 Å². The van der Waals surface area contributed by atoms with Gasteiger partial charge in [0.05, 0.1) is 5.69 Å². The normalized spacial score (nSPS) is 19.4. The molecule has 5 rings (SSSR count). The van der Waals surface area contributed by atoms with Gasteiger partial charge in [-0.3, -0.25) is 0 Å². The van der Waals surface area contributed by atoms with E-state index in [0.29, 0.717) is 0 Å². The maximum absolute atomic E-state index is 4.95. The number of hydrogen-bond acceptors (Lipinski definition) is 5. The molecule has 2 aliphatic heterocycles. The van der Waals surface area contributed by atoms with E-state index in [1.807, 2.05) is 17.5 Å². The van der Waals surface area contributed by atoms with Crippen LogP contribution in [-0.4, -0.2) is 41.0 Å². The molecule has 0 radical (unpaired) electrons. The van der Waals surface area contributed by atoms with E-state index in [1.54, 1.807) is 0 Å². The van der Waals surface area contributed by atoms with Crippen molar-refractivity contribution in [2.45, 2.75) is 25.7 Å². The van der Waals surface area contributed by atoms with Crippen molar-refractivity contribution in [3.8, 4) is 10.6 Å². The standard InChI is InChI=1S/C20H22N4S/c1-2-11-24(10-1)19-7-6-15(14-21-19)20-22-17-8-12-23(16-4-3-5-16)13-9-18(17)25-20/h3-7,14H,1-2,8-13H2. The molecule has 1 aliphatic carbocycles. The zero-order chi connectivity index (χ0) is 16.6. The average Bonchev–Trinajstić information content (AvgIpc) is 3.23. The van der Waals surface area contributed by atoms with Gasteiger partial charge in [-0.15, -0.1) is 11.3 Å². The Bertz CT molecular complexity index is 802. The molecule has 1 fully saturated rings. The molecule has 0 N–H and O–H groups in total. The van der Waals surface area contributed by atoms with Crippen LogP contribution in [0.4, 0.5) is 5.82 Å². The predicted octanol–water partition coefficient (Wildman–Crippen LogP) is 3.66. The largest absolute Gasteiger partial charge is 0.371 e. The van der Waals surface area contributed by atoms with Crippen molar-refractivity contribution in [1.82, 2.24) is 14.9 Å². The Labute approximate surface area is 152 Å². The lowest BCUT2D eigenvalue weighted by molar-refractivity contribution is 0.369. The molecule has 3 aliphatic rings. The summed E-state index contributed by atoms with van der Waals surface area (Å²) >= 11 is 1.85. The van der Waals surface area contributed by atoms with Crippen molar-refractivity contribution >= 4 is 17.2 Å². The Hall–Kier alpha value is -2.14. The molecule has 25 heavy (non-hydrogen) atoms. The summed E-state index contributed by atoms with van der Waals surface area (Å²) in [6, 6.07) is 4.35. The van der Waals surface area contributed by atoms with Gasteiger partial charge in [-0.25, -0.2) is 9.97 Å². The average molecular weight is 350 g/mol. The maximum atomic E-state index is 4.95. The van der Waals surface area contributed by atoms with E-state index in [2.05, 4.69) is 45.1 Å². The molecule has 2 aromatic heterocycles. The van der Waals surface area contributed by atoms with Crippen molar-refractivity contribution in [3.63, 3.8) is 0 Å². The van der Waals surface area contributed by atoms with Gasteiger partial charge < -0.3 is 9.80 Å². The molecule has 0 spiro atoms. The summed E-state index contributed by atoms with van der Waals surface area (Å²) in [5.41, 5.74) is 3.81. The van der Waals surface area contributed by atoms with Gasteiger partial charge in [-0.2, -0.15) is 0 Å². The molecule has 0 bridgehead atoms. The lowest BCUT2D eigenvalue weighted by Crippen LogP contribution is -2.26. The van der Waals surface area contributed by atoms with Crippen molar-refractivity contribution in [3.05, 3.63) is 52.8 Å². The third kappa shape index (κ3) is 2.86. The molecular formula is C20H22N4S. The van der Waals surface area contributed by atoms with Gasteiger partial charge in [0.15, 0.2) is 0 Å². The lowest BCUT2D eigenvalue weighted by Gasteiger charge is -2.26. The topological polar surface area (TPSA) is 32.3 Å². The van der Waals surface area contributed by atoms with Gasteiger partial charge in [0.2, 0.25) is 0 Å². The highest BCUT2D eigenvalue weighted by Crippen LogP contribution is 2.32. The van der Waals surface area contributed by atoms with E-state index < -0.39 is 0 Å². The van der Waals surface area contributed by atoms with E-state index in [9.17, 15) is 0 Å². The molecule has 128 valence electrons. The number of hydrogen-bond donors (Lipinski definition) is 0. The molecule has 0 amide bonds. The maximum Gasteiger partial charge on any atom is 0.128 e. The van der Waals surface area contributed by atoms with E-state index in [1.165, 1.54) is 29.1 Å². The Kier molecular flexibility index (Phi) is 3.82. The Balaban J connectivity index is 1.33. The van der Waals surface area contributed by atoms with Gasteiger partial charge in [-0.1, -0.05) is 6.08 Å². The van der Waals surface area contributed by atoms with Crippen LogP contribution in [0.2, 0.25) is 0 Å². The Morgan fingerprint density at radius 2 is 1.80 bits per heavy atom. The van der Waals surface area contributed by atoms with Gasteiger partial charge in [0.1, 0.15) is 10.8 Å². The second kappa shape index (κ2) is 6.30. The van der Waals surface area contributed by atoms with Gasteiger partial charge in [-0.05, 0) is 37.1 Å². The van der Waals surface area contributed by atoms with Crippen LogP contribution >= 0.6 is 11.3 Å². The summed E-state index contributed by atoms with van der Waals surface area (Å²) < 4.78 is 0.